The molecule has 0 aliphatic carbocycles. The average molecular weight is 896 g/mol. The van der Waals surface area contributed by atoms with Gasteiger partial charge >= 0.3 is 11.9 Å². The molecule has 0 spiro atoms. The normalized spacial score (nSPS) is 10.8. The molecule has 0 fully saturated rings. The summed E-state index contributed by atoms with van der Waals surface area (Å²) in [5.41, 5.74) is 8.88. The first-order chi connectivity index (χ1) is 30.9. The molecule has 11 heteroatoms. The summed E-state index contributed by atoms with van der Waals surface area (Å²) in [7, 11) is 0. The van der Waals surface area contributed by atoms with Gasteiger partial charge in [-0.3, -0.25) is 9.80 Å². The number of carbonyl (C=O) groups excluding carboxylic acids is 2. The average Bonchev–Trinajstić information content (AvgIpc) is 4.19. The van der Waals surface area contributed by atoms with Crippen LogP contribution in [0.15, 0.2) is 211 Å². The van der Waals surface area contributed by atoms with Crippen molar-refractivity contribution in [1.29, 1.82) is 0 Å². The lowest BCUT2D eigenvalue weighted by molar-refractivity contribution is -0.129. The highest BCUT2D eigenvalue weighted by molar-refractivity contribution is 7.17. The van der Waals surface area contributed by atoms with Gasteiger partial charge in [-0.2, -0.15) is 0 Å². The van der Waals surface area contributed by atoms with Crippen molar-refractivity contribution < 1.29 is 19.1 Å². The maximum absolute atomic E-state index is 11.8. The third-order valence-corrected chi connectivity index (χ3v) is 13.4. The molecule has 0 unspecified atom stereocenters. The van der Waals surface area contributed by atoms with Crippen LogP contribution >= 0.6 is 45.3 Å². The Kier molecular flexibility index (Phi) is 12.2. The van der Waals surface area contributed by atoms with Crippen LogP contribution in [0.25, 0.3) is 22.3 Å². The standard InChI is InChI=1S/C52H37N3O4S4/c1-3-51(56)58-45-25-17-38(18-26-45)36-13-21-40(22-14-36)53(41-23-15-37(16-24-41)39-19-27-46(28-20-39)59-52(57)4-2)42-33-43(54(47-9-5-29-60-47)48-10-6-30-61-48)35-44(34-42)55(49-11-7-31-62-49)50-12-8-32-63-50/h3-35H,1-2H2. The Morgan fingerprint density at radius 3 is 0.937 bits per heavy atom. The van der Waals surface area contributed by atoms with Crippen molar-refractivity contribution in [3.63, 3.8) is 0 Å². The van der Waals surface area contributed by atoms with Crippen LogP contribution in [0, 0.1) is 0 Å². The number of hydrogen-bond donors (Lipinski definition) is 0. The predicted molar refractivity (Wildman–Crippen MR) is 265 cm³/mol. The number of ether oxygens (including phenoxy) is 2. The summed E-state index contributed by atoms with van der Waals surface area (Å²) >= 11 is 6.80. The Bertz CT molecular complexity index is 2680. The van der Waals surface area contributed by atoms with Crippen LogP contribution in [0.4, 0.5) is 48.4 Å². The van der Waals surface area contributed by atoms with Crippen LogP contribution in [0.3, 0.4) is 0 Å². The van der Waals surface area contributed by atoms with Gasteiger partial charge in [-0.1, -0.05) is 61.7 Å². The predicted octanol–water partition coefficient (Wildman–Crippen LogP) is 15.9. The maximum Gasteiger partial charge on any atom is 0.335 e. The number of thiophene rings is 4. The minimum Gasteiger partial charge on any atom is -0.423 e. The van der Waals surface area contributed by atoms with E-state index in [4.69, 9.17) is 9.47 Å². The fourth-order valence-electron chi connectivity index (χ4n) is 7.08. The van der Waals surface area contributed by atoms with Crippen LogP contribution in [0.2, 0.25) is 0 Å². The summed E-state index contributed by atoms with van der Waals surface area (Å²) in [5.74, 6) is -0.0914. The van der Waals surface area contributed by atoms with E-state index in [-0.39, 0.29) is 0 Å². The van der Waals surface area contributed by atoms with E-state index in [0.29, 0.717) is 11.5 Å². The number of benzene rings is 5. The molecule has 9 aromatic rings. The van der Waals surface area contributed by atoms with Crippen LogP contribution < -0.4 is 24.2 Å². The number of hydrogen-bond acceptors (Lipinski definition) is 11. The van der Waals surface area contributed by atoms with E-state index in [0.717, 1.165) is 82.8 Å². The molecule has 0 amide bonds. The molecule has 0 aliphatic heterocycles. The maximum atomic E-state index is 11.8. The molecule has 9 rings (SSSR count). The van der Waals surface area contributed by atoms with Crippen molar-refractivity contribution in [2.45, 2.75) is 0 Å². The highest BCUT2D eigenvalue weighted by Crippen LogP contribution is 2.49. The van der Waals surface area contributed by atoms with Crippen LogP contribution in [0.1, 0.15) is 0 Å². The summed E-state index contributed by atoms with van der Waals surface area (Å²) < 4.78 is 10.6. The van der Waals surface area contributed by atoms with Crippen molar-refractivity contribution in [2.24, 2.45) is 0 Å². The monoisotopic (exact) mass is 895 g/mol. The van der Waals surface area contributed by atoms with Gasteiger partial charge in [0.15, 0.2) is 0 Å². The van der Waals surface area contributed by atoms with Gasteiger partial charge in [0.25, 0.3) is 0 Å². The zero-order valence-electron chi connectivity index (χ0n) is 33.6. The van der Waals surface area contributed by atoms with Gasteiger partial charge in [0.05, 0.1) is 17.1 Å². The highest BCUT2D eigenvalue weighted by atomic mass is 32.1. The second-order valence-electron chi connectivity index (χ2n) is 13.9. The van der Waals surface area contributed by atoms with Crippen molar-refractivity contribution >= 4 is 106 Å². The Labute approximate surface area is 381 Å². The number of esters is 2. The third-order valence-electron chi connectivity index (χ3n) is 9.96. The molecular weight excluding hydrogens is 859 g/mol. The van der Waals surface area contributed by atoms with E-state index in [2.05, 4.69) is 165 Å². The van der Waals surface area contributed by atoms with Gasteiger partial charge in [-0.15, -0.1) is 45.3 Å². The second kappa shape index (κ2) is 18.8. The lowest BCUT2D eigenvalue weighted by atomic mass is 10.0. The smallest absolute Gasteiger partial charge is 0.335 e. The largest absolute Gasteiger partial charge is 0.423 e. The first-order valence-electron chi connectivity index (χ1n) is 19.7. The number of nitrogens with zero attached hydrogens (tertiary/aromatic N) is 3. The summed E-state index contributed by atoms with van der Waals surface area (Å²) in [6.45, 7) is 6.99. The van der Waals surface area contributed by atoms with Gasteiger partial charge in [-0.25, -0.2) is 9.59 Å². The molecule has 4 heterocycles. The summed E-state index contributed by atoms with van der Waals surface area (Å²) in [6, 6.07) is 55.7. The highest BCUT2D eigenvalue weighted by Gasteiger charge is 2.24. The Balaban J connectivity index is 1.19. The molecule has 308 valence electrons. The molecule has 7 nitrogen and oxygen atoms in total. The molecule has 0 atom stereocenters. The fraction of sp³-hybridized carbons (Fsp3) is 0. The van der Waals surface area contributed by atoms with Gasteiger partial charge < -0.3 is 14.4 Å². The van der Waals surface area contributed by atoms with Crippen molar-refractivity contribution in [3.05, 3.63) is 211 Å². The van der Waals surface area contributed by atoms with Gasteiger partial charge in [0, 0.05) is 23.5 Å². The Hall–Kier alpha value is -7.28. The van der Waals surface area contributed by atoms with Gasteiger partial charge in [-0.05, 0) is 159 Å². The molecule has 63 heavy (non-hydrogen) atoms. The van der Waals surface area contributed by atoms with Crippen LogP contribution in [-0.4, -0.2) is 11.9 Å². The Morgan fingerprint density at radius 2 is 0.667 bits per heavy atom. The minimum atomic E-state index is -0.500. The lowest BCUT2D eigenvalue weighted by Gasteiger charge is -2.31. The lowest BCUT2D eigenvalue weighted by Crippen LogP contribution is -2.15. The molecular formula is C52H37N3O4S4. The van der Waals surface area contributed by atoms with Crippen LogP contribution in [0.5, 0.6) is 11.5 Å². The van der Waals surface area contributed by atoms with E-state index < -0.39 is 11.9 Å². The number of carbonyl (C=O) groups is 2. The molecule has 0 bridgehead atoms. The summed E-state index contributed by atoms with van der Waals surface area (Å²) in [4.78, 5) is 30.6. The van der Waals surface area contributed by atoms with Crippen molar-refractivity contribution in [3.8, 4) is 33.8 Å². The summed E-state index contributed by atoms with van der Waals surface area (Å²) in [6.07, 6.45) is 2.30. The van der Waals surface area contributed by atoms with E-state index in [1.807, 2.05) is 24.3 Å². The Morgan fingerprint density at radius 1 is 0.381 bits per heavy atom. The molecule has 0 N–H and O–H groups in total. The first-order valence-corrected chi connectivity index (χ1v) is 23.2. The first kappa shape index (κ1) is 41.1. The van der Waals surface area contributed by atoms with Crippen molar-refractivity contribution in [1.82, 2.24) is 0 Å². The van der Waals surface area contributed by atoms with E-state index in [1.54, 1.807) is 69.6 Å². The second-order valence-corrected chi connectivity index (χ2v) is 17.6. The van der Waals surface area contributed by atoms with Gasteiger partial charge in [0.1, 0.15) is 31.5 Å². The van der Waals surface area contributed by atoms with E-state index >= 15 is 0 Å². The zero-order valence-corrected chi connectivity index (χ0v) is 36.8. The quantitative estimate of drug-likeness (QED) is 0.0577. The molecule has 4 aromatic heterocycles. The number of anilines is 9. The molecule has 5 aromatic carbocycles. The minimum absolute atomic E-state index is 0.455. The SMILES string of the molecule is C=CC(=O)Oc1ccc(-c2ccc(N(c3ccc(-c4ccc(OC(=O)C=C)cc4)cc3)c3cc(N(c4cccs4)c4cccs4)cc(N(c4cccs4)c4cccs4)c3)cc2)cc1. The molecule has 0 saturated carbocycles. The molecule has 0 radical (unpaired) electrons. The summed E-state index contributed by atoms with van der Waals surface area (Å²) in [5, 5.41) is 12.9. The topological polar surface area (TPSA) is 62.3 Å². The molecule has 0 aliphatic rings. The zero-order chi connectivity index (χ0) is 43.1. The van der Waals surface area contributed by atoms with Gasteiger partial charge in [0.2, 0.25) is 0 Å². The van der Waals surface area contributed by atoms with Crippen molar-refractivity contribution in [2.75, 3.05) is 14.7 Å². The van der Waals surface area contributed by atoms with E-state index in [1.165, 1.54) is 0 Å². The fourth-order valence-corrected chi connectivity index (χ4v) is 10.2. The number of rotatable bonds is 15. The van der Waals surface area contributed by atoms with E-state index in [9.17, 15) is 9.59 Å². The van der Waals surface area contributed by atoms with Crippen LogP contribution in [-0.2, 0) is 9.59 Å². The third kappa shape index (κ3) is 9.18. The molecule has 0 saturated heterocycles.